The fraction of sp³-hybridized carbons (Fsp3) is 0.273. The molecule has 1 atom stereocenters. The van der Waals surface area contributed by atoms with Gasteiger partial charge in [-0.2, -0.15) is 5.26 Å². The van der Waals surface area contributed by atoms with Gasteiger partial charge in [-0.15, -0.1) is 11.6 Å². The molecule has 0 fully saturated rings. The number of halogens is 1. The van der Waals surface area contributed by atoms with E-state index in [0.29, 0.717) is 11.3 Å². The number of nitrogens with zero attached hydrogens (tertiary/aromatic N) is 1. The predicted octanol–water partition coefficient (Wildman–Crippen LogP) is 1.27. The van der Waals surface area contributed by atoms with Crippen LogP contribution in [-0.4, -0.2) is 34.7 Å². The maximum absolute atomic E-state index is 10.9. The first-order valence-electron chi connectivity index (χ1n) is 4.83. The van der Waals surface area contributed by atoms with Gasteiger partial charge in [0.1, 0.15) is 0 Å². The van der Waals surface area contributed by atoms with Gasteiger partial charge in [-0.3, -0.25) is 0 Å². The van der Waals surface area contributed by atoms with E-state index in [1.54, 1.807) is 0 Å². The highest BCUT2D eigenvalue weighted by Gasteiger charge is 2.11. The molecule has 0 radical (unpaired) electrons. The topological polar surface area (TPSA) is 93.4 Å². The lowest BCUT2D eigenvalue weighted by Crippen LogP contribution is -2.21. The lowest BCUT2D eigenvalue weighted by Gasteiger charge is -2.12. The molecule has 0 aliphatic heterocycles. The zero-order valence-electron chi connectivity index (χ0n) is 8.85. The van der Waals surface area contributed by atoms with Crippen LogP contribution in [0.25, 0.3) is 0 Å². The van der Waals surface area contributed by atoms with Gasteiger partial charge in [0, 0.05) is 6.54 Å². The van der Waals surface area contributed by atoms with Crippen molar-refractivity contribution in [2.24, 2.45) is 0 Å². The third-order valence-corrected chi connectivity index (χ3v) is 2.44. The van der Waals surface area contributed by atoms with Crippen molar-refractivity contribution in [1.82, 2.24) is 0 Å². The lowest BCUT2D eigenvalue weighted by molar-refractivity contribution is 0.0697. The number of anilines is 1. The summed E-state index contributed by atoms with van der Waals surface area (Å²) in [7, 11) is 0. The molecule has 0 bridgehead atoms. The number of alkyl halides is 1. The van der Waals surface area contributed by atoms with Crippen LogP contribution in [0.15, 0.2) is 18.2 Å². The standard InChI is InChI=1S/C11H11ClN2O3/c12-4-8(15)6-14-10-3-7(5-13)1-2-9(10)11(16)17/h1-3,8,14-15H,4,6H2,(H,16,17). The molecule has 0 spiro atoms. The molecule has 0 aromatic heterocycles. The van der Waals surface area contributed by atoms with Gasteiger partial charge in [-0.1, -0.05) is 0 Å². The average Bonchev–Trinajstić information content (AvgIpc) is 2.35. The highest BCUT2D eigenvalue weighted by atomic mass is 35.5. The average molecular weight is 255 g/mol. The molecule has 0 saturated carbocycles. The van der Waals surface area contributed by atoms with E-state index in [2.05, 4.69) is 5.32 Å². The Bertz CT molecular complexity index is 457. The molecule has 0 saturated heterocycles. The quantitative estimate of drug-likeness (QED) is 0.688. The van der Waals surface area contributed by atoms with Gasteiger partial charge in [-0.25, -0.2) is 4.79 Å². The van der Waals surface area contributed by atoms with E-state index in [9.17, 15) is 9.90 Å². The second-order valence-electron chi connectivity index (χ2n) is 3.37. The zero-order valence-corrected chi connectivity index (χ0v) is 9.61. The summed E-state index contributed by atoms with van der Waals surface area (Å²) in [5.41, 5.74) is 0.685. The number of carboxylic acid groups (broad SMARTS) is 1. The summed E-state index contributed by atoms with van der Waals surface area (Å²) in [6, 6.07) is 6.10. The first-order chi connectivity index (χ1) is 8.08. The Morgan fingerprint density at radius 2 is 2.29 bits per heavy atom. The molecule has 3 N–H and O–H groups in total. The number of nitrogens with one attached hydrogen (secondary N) is 1. The Morgan fingerprint density at radius 1 is 1.59 bits per heavy atom. The molecular weight excluding hydrogens is 244 g/mol. The van der Waals surface area contributed by atoms with Crippen molar-refractivity contribution in [2.75, 3.05) is 17.7 Å². The second-order valence-corrected chi connectivity index (χ2v) is 3.67. The van der Waals surface area contributed by atoms with Gasteiger partial charge >= 0.3 is 5.97 Å². The van der Waals surface area contributed by atoms with E-state index in [0.717, 1.165) is 0 Å². The largest absolute Gasteiger partial charge is 0.478 e. The van der Waals surface area contributed by atoms with Crippen molar-refractivity contribution < 1.29 is 15.0 Å². The van der Waals surface area contributed by atoms with Crippen LogP contribution in [0, 0.1) is 11.3 Å². The zero-order chi connectivity index (χ0) is 12.8. The molecule has 1 aromatic carbocycles. The Morgan fingerprint density at radius 3 is 2.82 bits per heavy atom. The third-order valence-electron chi connectivity index (χ3n) is 2.09. The molecular formula is C11H11ClN2O3. The fourth-order valence-corrected chi connectivity index (χ4v) is 1.34. The molecule has 17 heavy (non-hydrogen) atoms. The Balaban J connectivity index is 2.94. The number of carboxylic acids is 1. The number of aliphatic hydroxyl groups is 1. The van der Waals surface area contributed by atoms with Gasteiger partial charge in [0.2, 0.25) is 0 Å². The Hall–Kier alpha value is -1.77. The van der Waals surface area contributed by atoms with Crippen LogP contribution in [0.4, 0.5) is 5.69 Å². The van der Waals surface area contributed by atoms with Gasteiger partial charge in [0.05, 0.1) is 34.9 Å². The molecule has 0 heterocycles. The number of benzene rings is 1. The second kappa shape index (κ2) is 6.09. The fourth-order valence-electron chi connectivity index (χ4n) is 1.23. The maximum Gasteiger partial charge on any atom is 0.337 e. The summed E-state index contributed by atoms with van der Waals surface area (Å²) in [4.78, 5) is 10.9. The van der Waals surface area contributed by atoms with Gasteiger partial charge in [0.15, 0.2) is 0 Å². The van der Waals surface area contributed by atoms with Crippen LogP contribution in [0.3, 0.4) is 0 Å². The number of nitriles is 1. The predicted molar refractivity (Wildman–Crippen MR) is 63.3 cm³/mol. The minimum Gasteiger partial charge on any atom is -0.478 e. The Labute approximate surface area is 103 Å². The molecule has 0 amide bonds. The van der Waals surface area contributed by atoms with Gasteiger partial charge in [0.25, 0.3) is 0 Å². The first-order valence-corrected chi connectivity index (χ1v) is 5.37. The third kappa shape index (κ3) is 3.63. The molecule has 5 nitrogen and oxygen atoms in total. The van der Waals surface area contributed by atoms with Crippen molar-refractivity contribution in [3.63, 3.8) is 0 Å². The number of rotatable bonds is 5. The van der Waals surface area contributed by atoms with Gasteiger partial charge < -0.3 is 15.5 Å². The van der Waals surface area contributed by atoms with Crippen molar-refractivity contribution in [1.29, 1.82) is 5.26 Å². The SMILES string of the molecule is N#Cc1ccc(C(=O)O)c(NCC(O)CCl)c1. The molecule has 1 aromatic rings. The summed E-state index contributed by atoms with van der Waals surface area (Å²) < 4.78 is 0. The number of aliphatic hydroxyl groups excluding tert-OH is 1. The number of aromatic carboxylic acids is 1. The minimum atomic E-state index is -1.10. The van der Waals surface area contributed by atoms with E-state index in [1.807, 2.05) is 6.07 Å². The minimum absolute atomic E-state index is 0.0470. The van der Waals surface area contributed by atoms with Crippen LogP contribution in [0.5, 0.6) is 0 Å². The van der Waals surface area contributed by atoms with E-state index in [4.69, 9.17) is 22.0 Å². The Kier molecular flexibility index (Phi) is 4.76. The van der Waals surface area contributed by atoms with Crippen LogP contribution in [0.2, 0.25) is 0 Å². The van der Waals surface area contributed by atoms with E-state index >= 15 is 0 Å². The van der Waals surface area contributed by atoms with Crippen molar-refractivity contribution in [3.8, 4) is 6.07 Å². The summed E-state index contributed by atoms with van der Waals surface area (Å²) >= 11 is 5.42. The van der Waals surface area contributed by atoms with Gasteiger partial charge in [-0.05, 0) is 18.2 Å². The molecule has 90 valence electrons. The highest BCUT2D eigenvalue weighted by Crippen LogP contribution is 2.17. The first kappa shape index (κ1) is 13.3. The summed E-state index contributed by atoms with van der Waals surface area (Å²) in [6.45, 7) is 0.124. The number of carbonyl (C=O) groups is 1. The smallest absolute Gasteiger partial charge is 0.337 e. The van der Waals surface area contributed by atoms with Crippen molar-refractivity contribution >= 4 is 23.3 Å². The lowest BCUT2D eigenvalue weighted by atomic mass is 10.1. The molecule has 1 unspecified atom stereocenters. The molecule has 0 aliphatic carbocycles. The summed E-state index contributed by atoms with van der Waals surface area (Å²) in [5.74, 6) is -1.05. The van der Waals surface area contributed by atoms with Crippen LogP contribution >= 0.6 is 11.6 Å². The van der Waals surface area contributed by atoms with Crippen LogP contribution in [0.1, 0.15) is 15.9 Å². The number of hydrogen-bond donors (Lipinski definition) is 3. The highest BCUT2D eigenvalue weighted by molar-refractivity contribution is 6.18. The van der Waals surface area contributed by atoms with Crippen LogP contribution in [-0.2, 0) is 0 Å². The normalized spacial score (nSPS) is 11.6. The summed E-state index contributed by atoms with van der Waals surface area (Å²) in [6.07, 6.45) is -0.774. The maximum atomic E-state index is 10.9. The molecule has 0 aliphatic rings. The van der Waals surface area contributed by atoms with Crippen LogP contribution < -0.4 is 5.32 Å². The van der Waals surface area contributed by atoms with Crippen molar-refractivity contribution in [3.05, 3.63) is 29.3 Å². The molecule has 6 heteroatoms. The van der Waals surface area contributed by atoms with Crippen molar-refractivity contribution in [2.45, 2.75) is 6.10 Å². The number of hydrogen-bond acceptors (Lipinski definition) is 4. The van der Waals surface area contributed by atoms with E-state index < -0.39 is 12.1 Å². The van der Waals surface area contributed by atoms with E-state index in [-0.39, 0.29) is 18.0 Å². The van der Waals surface area contributed by atoms with E-state index in [1.165, 1.54) is 18.2 Å². The summed E-state index contributed by atoms with van der Waals surface area (Å²) in [5, 5.41) is 29.7. The molecule has 1 rings (SSSR count). The monoisotopic (exact) mass is 254 g/mol.